The lowest BCUT2D eigenvalue weighted by Crippen LogP contribution is -2.25. The first kappa shape index (κ1) is 14.5. The average molecular weight is 250 g/mol. The second-order valence-corrected chi connectivity index (χ2v) is 4.54. The molecule has 3 N–H and O–H groups in total. The first-order valence-electron chi connectivity index (χ1n) is 6.22. The monoisotopic (exact) mass is 250 g/mol. The number of benzene rings is 1. The molecule has 0 spiro atoms. The fourth-order valence-corrected chi connectivity index (χ4v) is 1.71. The van der Waals surface area contributed by atoms with E-state index in [1.165, 1.54) is 5.56 Å². The Morgan fingerprint density at radius 3 is 2.72 bits per heavy atom. The lowest BCUT2D eigenvalue weighted by Gasteiger charge is -2.13. The van der Waals surface area contributed by atoms with E-state index in [2.05, 4.69) is 31.3 Å². The van der Waals surface area contributed by atoms with Crippen LogP contribution in [0.3, 0.4) is 0 Å². The van der Waals surface area contributed by atoms with Crippen molar-refractivity contribution in [1.82, 2.24) is 5.32 Å². The number of carbonyl (C=O) groups is 1. The van der Waals surface area contributed by atoms with Gasteiger partial charge in [0.15, 0.2) is 0 Å². The van der Waals surface area contributed by atoms with Gasteiger partial charge in [0.2, 0.25) is 5.91 Å². The molecular formula is C14H22N2O2. The number of hydrogen-bond acceptors (Lipinski definition) is 3. The van der Waals surface area contributed by atoms with Gasteiger partial charge in [-0.05, 0) is 17.5 Å². The van der Waals surface area contributed by atoms with Crippen molar-refractivity contribution in [3.63, 3.8) is 0 Å². The van der Waals surface area contributed by atoms with Crippen molar-refractivity contribution in [2.24, 2.45) is 5.73 Å². The lowest BCUT2D eigenvalue weighted by atomic mass is 10.00. The first-order chi connectivity index (χ1) is 8.58. The van der Waals surface area contributed by atoms with Gasteiger partial charge < -0.3 is 15.8 Å². The summed E-state index contributed by atoms with van der Waals surface area (Å²) in [7, 11) is 1.63. The summed E-state index contributed by atoms with van der Waals surface area (Å²) >= 11 is 0. The highest BCUT2D eigenvalue weighted by atomic mass is 16.5. The van der Waals surface area contributed by atoms with Crippen LogP contribution in [0.15, 0.2) is 18.2 Å². The zero-order valence-corrected chi connectivity index (χ0v) is 11.3. The Kier molecular flexibility index (Phi) is 5.65. The number of rotatable bonds is 6. The second-order valence-electron chi connectivity index (χ2n) is 4.54. The summed E-state index contributed by atoms with van der Waals surface area (Å²) in [4.78, 5) is 11.4. The maximum Gasteiger partial charge on any atom is 0.221 e. The summed E-state index contributed by atoms with van der Waals surface area (Å²) in [5, 5.41) is 2.84. The molecule has 0 fully saturated rings. The standard InChI is InChI=1S/C14H22N2O2/c1-10(2)11-4-5-13(18-3)12(8-11)9-16-14(17)6-7-15/h4-5,8,10H,6-7,9,15H2,1-3H3,(H,16,17). The molecule has 0 heterocycles. The molecule has 0 aliphatic heterocycles. The lowest BCUT2D eigenvalue weighted by molar-refractivity contribution is -0.121. The summed E-state index contributed by atoms with van der Waals surface area (Å²) in [6.45, 7) is 5.12. The minimum absolute atomic E-state index is 0.0329. The van der Waals surface area contributed by atoms with E-state index >= 15 is 0 Å². The maximum atomic E-state index is 11.4. The van der Waals surface area contributed by atoms with Gasteiger partial charge in [0, 0.05) is 25.1 Å². The van der Waals surface area contributed by atoms with Crippen molar-refractivity contribution in [2.45, 2.75) is 32.7 Å². The quantitative estimate of drug-likeness (QED) is 0.809. The van der Waals surface area contributed by atoms with Crippen molar-refractivity contribution < 1.29 is 9.53 Å². The van der Waals surface area contributed by atoms with Crippen LogP contribution < -0.4 is 15.8 Å². The Morgan fingerprint density at radius 1 is 1.44 bits per heavy atom. The first-order valence-corrected chi connectivity index (χ1v) is 6.22. The SMILES string of the molecule is COc1ccc(C(C)C)cc1CNC(=O)CCN. The third-order valence-corrected chi connectivity index (χ3v) is 2.82. The molecule has 4 heteroatoms. The maximum absolute atomic E-state index is 11.4. The molecule has 1 aromatic rings. The van der Waals surface area contributed by atoms with Crippen molar-refractivity contribution in [1.29, 1.82) is 0 Å². The van der Waals surface area contributed by atoms with E-state index in [1.807, 2.05) is 6.07 Å². The highest BCUT2D eigenvalue weighted by Gasteiger charge is 2.08. The van der Waals surface area contributed by atoms with Crippen molar-refractivity contribution in [2.75, 3.05) is 13.7 Å². The molecule has 0 saturated heterocycles. The van der Waals surface area contributed by atoms with Gasteiger partial charge in [0.05, 0.1) is 7.11 Å². The van der Waals surface area contributed by atoms with Crippen LogP contribution in [-0.4, -0.2) is 19.6 Å². The Hall–Kier alpha value is -1.55. The summed E-state index contributed by atoms with van der Waals surface area (Å²) < 4.78 is 5.30. The number of carbonyl (C=O) groups excluding carboxylic acids is 1. The number of ether oxygens (including phenoxy) is 1. The molecule has 100 valence electrons. The Balaban J connectivity index is 2.78. The van der Waals surface area contributed by atoms with Crippen LogP contribution in [-0.2, 0) is 11.3 Å². The van der Waals surface area contributed by atoms with Crippen LogP contribution in [0, 0.1) is 0 Å². The second kappa shape index (κ2) is 7.01. The summed E-state index contributed by atoms with van der Waals surface area (Å²) in [5.74, 6) is 1.22. The van der Waals surface area contributed by atoms with Gasteiger partial charge in [-0.2, -0.15) is 0 Å². The molecule has 0 aromatic heterocycles. The van der Waals surface area contributed by atoms with Crippen LogP contribution in [0.2, 0.25) is 0 Å². The predicted octanol–water partition coefficient (Wildman–Crippen LogP) is 1.78. The van der Waals surface area contributed by atoms with E-state index in [-0.39, 0.29) is 5.91 Å². The van der Waals surface area contributed by atoms with E-state index in [0.717, 1.165) is 11.3 Å². The molecule has 0 atom stereocenters. The fraction of sp³-hybridized carbons (Fsp3) is 0.500. The zero-order valence-electron chi connectivity index (χ0n) is 11.3. The van der Waals surface area contributed by atoms with E-state index < -0.39 is 0 Å². The summed E-state index contributed by atoms with van der Waals surface area (Å²) in [6, 6.07) is 6.07. The minimum Gasteiger partial charge on any atom is -0.496 e. The number of nitrogens with one attached hydrogen (secondary N) is 1. The van der Waals surface area contributed by atoms with Crippen molar-refractivity contribution in [3.05, 3.63) is 29.3 Å². The molecule has 1 amide bonds. The van der Waals surface area contributed by atoms with Crippen LogP contribution in [0.1, 0.15) is 37.3 Å². The number of amides is 1. The van der Waals surface area contributed by atoms with E-state index in [0.29, 0.717) is 25.4 Å². The van der Waals surface area contributed by atoms with Gasteiger partial charge in [0.25, 0.3) is 0 Å². The van der Waals surface area contributed by atoms with Crippen LogP contribution >= 0.6 is 0 Å². The van der Waals surface area contributed by atoms with E-state index in [9.17, 15) is 4.79 Å². The van der Waals surface area contributed by atoms with Gasteiger partial charge in [-0.25, -0.2) is 0 Å². The number of hydrogen-bond donors (Lipinski definition) is 2. The zero-order chi connectivity index (χ0) is 13.5. The largest absolute Gasteiger partial charge is 0.496 e. The van der Waals surface area contributed by atoms with E-state index in [1.54, 1.807) is 7.11 Å². The number of methoxy groups -OCH3 is 1. The molecule has 0 radical (unpaired) electrons. The molecule has 0 bridgehead atoms. The number of nitrogens with two attached hydrogens (primary N) is 1. The van der Waals surface area contributed by atoms with Crippen LogP contribution in [0.4, 0.5) is 0 Å². The highest BCUT2D eigenvalue weighted by molar-refractivity contribution is 5.76. The molecule has 0 aliphatic carbocycles. The normalized spacial score (nSPS) is 10.5. The van der Waals surface area contributed by atoms with Crippen LogP contribution in [0.25, 0.3) is 0 Å². The minimum atomic E-state index is -0.0329. The molecule has 18 heavy (non-hydrogen) atoms. The molecule has 1 aromatic carbocycles. The Bertz CT molecular complexity index is 403. The third kappa shape index (κ3) is 4.04. The molecule has 1 rings (SSSR count). The fourth-order valence-electron chi connectivity index (χ4n) is 1.71. The smallest absolute Gasteiger partial charge is 0.221 e. The van der Waals surface area contributed by atoms with Crippen LogP contribution in [0.5, 0.6) is 5.75 Å². The van der Waals surface area contributed by atoms with Gasteiger partial charge in [-0.1, -0.05) is 26.0 Å². The third-order valence-electron chi connectivity index (χ3n) is 2.82. The van der Waals surface area contributed by atoms with Crippen molar-refractivity contribution >= 4 is 5.91 Å². The van der Waals surface area contributed by atoms with E-state index in [4.69, 9.17) is 10.5 Å². The molecule has 0 unspecified atom stereocenters. The summed E-state index contributed by atoms with van der Waals surface area (Å²) in [6.07, 6.45) is 0.353. The average Bonchev–Trinajstić information content (AvgIpc) is 2.36. The molecule has 0 aliphatic rings. The van der Waals surface area contributed by atoms with Gasteiger partial charge in [-0.15, -0.1) is 0 Å². The van der Waals surface area contributed by atoms with Gasteiger partial charge in [0.1, 0.15) is 5.75 Å². The highest BCUT2D eigenvalue weighted by Crippen LogP contribution is 2.23. The molecule has 4 nitrogen and oxygen atoms in total. The van der Waals surface area contributed by atoms with Gasteiger partial charge >= 0.3 is 0 Å². The molecular weight excluding hydrogens is 228 g/mol. The summed E-state index contributed by atoms with van der Waals surface area (Å²) in [5.41, 5.74) is 7.56. The topological polar surface area (TPSA) is 64.3 Å². The molecule has 0 saturated carbocycles. The Morgan fingerprint density at radius 2 is 2.17 bits per heavy atom. The van der Waals surface area contributed by atoms with Crippen molar-refractivity contribution in [3.8, 4) is 5.75 Å². The predicted molar refractivity (Wildman–Crippen MR) is 72.6 cm³/mol. The van der Waals surface area contributed by atoms with Gasteiger partial charge in [-0.3, -0.25) is 4.79 Å². The Labute approximate surface area is 109 Å².